The molecule has 21 heavy (non-hydrogen) atoms. The van der Waals surface area contributed by atoms with E-state index in [4.69, 9.17) is 27.9 Å². The normalized spacial score (nSPS) is 35.0. The van der Waals surface area contributed by atoms with Crippen molar-refractivity contribution in [3.8, 4) is 0 Å². The van der Waals surface area contributed by atoms with E-state index in [0.717, 1.165) is 12.0 Å². The third kappa shape index (κ3) is 2.72. The minimum absolute atomic E-state index is 0.0189. The van der Waals surface area contributed by atoms with Crippen LogP contribution in [0.15, 0.2) is 18.2 Å². The van der Waals surface area contributed by atoms with Gasteiger partial charge in [0.05, 0.1) is 34.3 Å². The average Bonchev–Trinajstić information content (AvgIpc) is 2.76. The lowest BCUT2D eigenvalue weighted by Gasteiger charge is -2.36. The second kappa shape index (κ2) is 5.88. The molecule has 0 amide bonds. The number of aliphatic hydroxyl groups excluding tert-OH is 1. The van der Waals surface area contributed by atoms with Gasteiger partial charge in [-0.1, -0.05) is 36.2 Å². The van der Waals surface area contributed by atoms with E-state index < -0.39 is 12.2 Å². The van der Waals surface area contributed by atoms with Crippen molar-refractivity contribution >= 4 is 29.0 Å². The van der Waals surface area contributed by atoms with Crippen LogP contribution in [0.2, 0.25) is 10.0 Å². The van der Waals surface area contributed by atoms with Crippen LogP contribution in [0.3, 0.4) is 0 Å². The molecule has 2 heterocycles. The number of carbonyl (C=O) groups is 1. The molecule has 3 nitrogen and oxygen atoms in total. The second-order valence-electron chi connectivity index (χ2n) is 5.89. The van der Waals surface area contributed by atoms with E-state index >= 15 is 0 Å². The Kier molecular flexibility index (Phi) is 4.28. The predicted molar refractivity (Wildman–Crippen MR) is 81.9 cm³/mol. The summed E-state index contributed by atoms with van der Waals surface area (Å²) >= 11 is 12.1. The van der Waals surface area contributed by atoms with E-state index in [1.54, 1.807) is 6.07 Å². The molecule has 2 aliphatic heterocycles. The predicted octanol–water partition coefficient (Wildman–Crippen LogP) is 3.59. The van der Waals surface area contributed by atoms with Gasteiger partial charge in [0.1, 0.15) is 5.78 Å². The third-order valence-corrected chi connectivity index (χ3v) is 5.37. The Balaban J connectivity index is 1.98. The molecule has 1 aromatic rings. The van der Waals surface area contributed by atoms with E-state index in [9.17, 15) is 9.90 Å². The highest BCUT2D eigenvalue weighted by Crippen LogP contribution is 2.46. The molecular weight excluding hydrogens is 311 g/mol. The van der Waals surface area contributed by atoms with Gasteiger partial charge in [0.2, 0.25) is 0 Å². The molecule has 2 bridgehead atoms. The van der Waals surface area contributed by atoms with E-state index in [0.29, 0.717) is 22.9 Å². The van der Waals surface area contributed by atoms with Crippen molar-refractivity contribution in [1.82, 2.24) is 0 Å². The third-order valence-electron chi connectivity index (χ3n) is 4.63. The molecule has 2 aliphatic rings. The first-order valence-corrected chi connectivity index (χ1v) is 8.08. The zero-order chi connectivity index (χ0) is 15.1. The molecule has 3 rings (SSSR count). The fourth-order valence-electron chi connectivity index (χ4n) is 3.64. The first kappa shape index (κ1) is 15.3. The van der Waals surface area contributed by atoms with Crippen molar-refractivity contribution in [1.29, 1.82) is 0 Å². The standard InChI is InChI=1S/C16H18Cl2O3/c1-2-13(19)15-10(6-9-7-14(20)16(15)21-9)8-3-4-11(17)12(18)5-8/h3-5,9-10,14-16,20H,2,6-7H2,1H3/t9?,10-,14?,15-,16+/m1/s1. The molecule has 114 valence electrons. The summed E-state index contributed by atoms with van der Waals surface area (Å²) in [5.74, 6) is -0.135. The topological polar surface area (TPSA) is 46.5 Å². The molecule has 0 saturated carbocycles. The summed E-state index contributed by atoms with van der Waals surface area (Å²) in [5, 5.41) is 11.2. The van der Waals surface area contributed by atoms with Crippen LogP contribution in [0.5, 0.6) is 0 Å². The Morgan fingerprint density at radius 1 is 1.33 bits per heavy atom. The Hall–Kier alpha value is -0.610. The molecule has 0 aromatic heterocycles. The maximum atomic E-state index is 12.4. The van der Waals surface area contributed by atoms with Crippen LogP contribution in [-0.2, 0) is 9.53 Å². The zero-order valence-corrected chi connectivity index (χ0v) is 13.3. The Labute approximate surface area is 134 Å². The Bertz CT molecular complexity index is 560. The minimum Gasteiger partial charge on any atom is -0.390 e. The number of ether oxygens (including phenoxy) is 1. The monoisotopic (exact) mass is 328 g/mol. The zero-order valence-electron chi connectivity index (χ0n) is 11.8. The summed E-state index contributed by atoms with van der Waals surface area (Å²) in [6.07, 6.45) is 0.863. The molecule has 0 radical (unpaired) electrons. The van der Waals surface area contributed by atoms with Crippen LogP contribution in [0.1, 0.15) is 37.7 Å². The Morgan fingerprint density at radius 2 is 2.10 bits per heavy atom. The highest BCUT2D eigenvalue weighted by atomic mass is 35.5. The molecule has 5 atom stereocenters. The largest absolute Gasteiger partial charge is 0.390 e. The van der Waals surface area contributed by atoms with Gasteiger partial charge < -0.3 is 9.84 Å². The lowest BCUT2D eigenvalue weighted by molar-refractivity contribution is -0.137. The fourth-order valence-corrected chi connectivity index (χ4v) is 3.94. The molecule has 2 fully saturated rings. The summed E-state index contributed by atoms with van der Waals surface area (Å²) in [6.45, 7) is 1.85. The first-order chi connectivity index (χ1) is 10.0. The van der Waals surface area contributed by atoms with Gasteiger partial charge in [0.15, 0.2) is 0 Å². The summed E-state index contributed by atoms with van der Waals surface area (Å²) in [7, 11) is 0. The number of carbonyl (C=O) groups excluding carboxylic acids is 1. The fraction of sp³-hybridized carbons (Fsp3) is 0.562. The Morgan fingerprint density at radius 3 is 2.76 bits per heavy atom. The average molecular weight is 329 g/mol. The highest BCUT2D eigenvalue weighted by molar-refractivity contribution is 6.42. The summed E-state index contributed by atoms with van der Waals surface area (Å²) < 4.78 is 5.82. The van der Waals surface area contributed by atoms with Crippen molar-refractivity contribution < 1.29 is 14.6 Å². The number of hydrogen-bond acceptors (Lipinski definition) is 3. The van der Waals surface area contributed by atoms with Crippen molar-refractivity contribution in [3.05, 3.63) is 33.8 Å². The van der Waals surface area contributed by atoms with Gasteiger partial charge in [-0.15, -0.1) is 0 Å². The number of rotatable bonds is 3. The van der Waals surface area contributed by atoms with Crippen molar-refractivity contribution in [2.75, 3.05) is 0 Å². The lowest BCUT2D eigenvalue weighted by atomic mass is 9.76. The molecule has 2 saturated heterocycles. The number of fused-ring (bicyclic) bond motifs is 2. The SMILES string of the molecule is CCC(=O)[C@H]1[C@@H](c2ccc(Cl)c(Cl)c2)CC2CC(O)[C@@H]1O2. The van der Waals surface area contributed by atoms with Crippen LogP contribution in [0.4, 0.5) is 0 Å². The van der Waals surface area contributed by atoms with Gasteiger partial charge in [-0.25, -0.2) is 0 Å². The molecule has 0 aliphatic carbocycles. The van der Waals surface area contributed by atoms with E-state index in [-0.39, 0.29) is 23.7 Å². The molecule has 0 spiro atoms. The van der Waals surface area contributed by atoms with E-state index in [2.05, 4.69) is 0 Å². The molecule has 2 unspecified atom stereocenters. The minimum atomic E-state index is -0.553. The van der Waals surface area contributed by atoms with Gasteiger partial charge >= 0.3 is 0 Å². The smallest absolute Gasteiger partial charge is 0.139 e. The summed E-state index contributed by atoms with van der Waals surface area (Å²) in [6, 6.07) is 5.52. The van der Waals surface area contributed by atoms with Gasteiger partial charge in [0, 0.05) is 12.8 Å². The van der Waals surface area contributed by atoms with Crippen LogP contribution in [0.25, 0.3) is 0 Å². The number of halogens is 2. The number of benzene rings is 1. The second-order valence-corrected chi connectivity index (χ2v) is 6.70. The molecule has 1 N–H and O–H groups in total. The maximum Gasteiger partial charge on any atom is 0.139 e. The van der Waals surface area contributed by atoms with Crippen LogP contribution in [0, 0.1) is 5.92 Å². The summed E-state index contributed by atoms with van der Waals surface area (Å²) in [4.78, 5) is 12.4. The van der Waals surface area contributed by atoms with Gasteiger partial charge in [0.25, 0.3) is 0 Å². The van der Waals surface area contributed by atoms with E-state index in [1.807, 2.05) is 19.1 Å². The number of Topliss-reactive ketones (excluding diaryl/α,β-unsaturated/α-hetero) is 1. The van der Waals surface area contributed by atoms with Gasteiger partial charge in [-0.3, -0.25) is 4.79 Å². The molecule has 5 heteroatoms. The van der Waals surface area contributed by atoms with Gasteiger partial charge in [-0.2, -0.15) is 0 Å². The van der Waals surface area contributed by atoms with Crippen molar-refractivity contribution in [3.63, 3.8) is 0 Å². The van der Waals surface area contributed by atoms with Crippen LogP contribution < -0.4 is 0 Å². The van der Waals surface area contributed by atoms with Crippen molar-refractivity contribution in [2.24, 2.45) is 5.92 Å². The quantitative estimate of drug-likeness (QED) is 0.922. The first-order valence-electron chi connectivity index (χ1n) is 7.32. The number of hydrogen-bond donors (Lipinski definition) is 1. The maximum absolute atomic E-state index is 12.4. The number of ketones is 1. The van der Waals surface area contributed by atoms with Crippen LogP contribution in [-0.4, -0.2) is 29.2 Å². The lowest BCUT2D eigenvalue weighted by Crippen LogP contribution is -2.42. The molecule has 1 aromatic carbocycles. The highest BCUT2D eigenvalue weighted by Gasteiger charge is 2.50. The summed E-state index contributed by atoms with van der Waals surface area (Å²) in [5.41, 5.74) is 1.00. The van der Waals surface area contributed by atoms with Crippen LogP contribution >= 0.6 is 23.2 Å². The molecular formula is C16H18Cl2O3. The van der Waals surface area contributed by atoms with E-state index in [1.165, 1.54) is 0 Å². The van der Waals surface area contributed by atoms with Gasteiger partial charge in [-0.05, 0) is 30.0 Å². The number of aliphatic hydroxyl groups is 1. The van der Waals surface area contributed by atoms with Crippen molar-refractivity contribution in [2.45, 2.75) is 50.4 Å².